The lowest BCUT2D eigenvalue weighted by atomic mass is 9.96. The van der Waals surface area contributed by atoms with E-state index in [2.05, 4.69) is 13.8 Å². The number of hydrogen-bond acceptors (Lipinski definition) is 0. The van der Waals surface area contributed by atoms with Crippen molar-refractivity contribution >= 4 is 0 Å². The average Bonchev–Trinajstić information content (AvgIpc) is 2.58. The summed E-state index contributed by atoms with van der Waals surface area (Å²) in [5.41, 5.74) is 3.61. The number of alkyl halides is 2. The highest BCUT2D eigenvalue weighted by Gasteiger charge is 2.44. The predicted octanol–water partition coefficient (Wildman–Crippen LogP) is 5.24. The third-order valence-electron chi connectivity index (χ3n) is 3.85. The van der Waals surface area contributed by atoms with Gasteiger partial charge in [-0.2, -0.15) is 8.78 Å². The van der Waals surface area contributed by atoms with Gasteiger partial charge in [0.05, 0.1) is 0 Å². The van der Waals surface area contributed by atoms with E-state index >= 15 is 0 Å². The minimum absolute atomic E-state index is 0.137. The van der Waals surface area contributed by atoms with Crippen LogP contribution in [-0.4, -0.2) is 0 Å². The van der Waals surface area contributed by atoms with Gasteiger partial charge in [-0.25, -0.2) is 0 Å². The van der Waals surface area contributed by atoms with E-state index in [4.69, 9.17) is 0 Å². The van der Waals surface area contributed by atoms with Crippen molar-refractivity contribution < 1.29 is 8.78 Å². The summed E-state index contributed by atoms with van der Waals surface area (Å²) in [5, 5.41) is 0. The molecular weight excluding hydrogens is 242 g/mol. The van der Waals surface area contributed by atoms with E-state index in [9.17, 15) is 8.78 Å². The minimum Gasteiger partial charge on any atom is -0.196 e. The summed E-state index contributed by atoms with van der Waals surface area (Å²) >= 11 is 0. The molecule has 0 N–H and O–H groups in total. The number of aryl methyl sites for hydroxylation is 1. The van der Waals surface area contributed by atoms with Gasteiger partial charge in [-0.3, -0.25) is 0 Å². The molecule has 2 heteroatoms. The number of benzene rings is 2. The van der Waals surface area contributed by atoms with Gasteiger partial charge in [0.2, 0.25) is 0 Å². The van der Waals surface area contributed by atoms with Gasteiger partial charge in [0.1, 0.15) is 0 Å². The second kappa shape index (κ2) is 3.89. The van der Waals surface area contributed by atoms with Gasteiger partial charge >= 0.3 is 0 Å². The largest absolute Gasteiger partial charge is 0.299 e. The zero-order chi connectivity index (χ0) is 13.8. The molecule has 98 valence electrons. The average molecular weight is 258 g/mol. The SMILES string of the molecule is Cc1ccc2c(c1)C(F)(F)c1ccc(C(C)C)cc1-2. The molecule has 0 atom stereocenters. The molecular formula is C17H16F2. The fourth-order valence-corrected chi connectivity index (χ4v) is 2.72. The Morgan fingerprint density at radius 3 is 2.32 bits per heavy atom. The molecule has 0 saturated heterocycles. The Balaban J connectivity index is 2.29. The molecule has 0 bridgehead atoms. The zero-order valence-corrected chi connectivity index (χ0v) is 11.3. The molecule has 1 aliphatic carbocycles. The molecule has 0 spiro atoms. The molecule has 0 saturated carbocycles. The first-order chi connectivity index (χ1) is 8.91. The van der Waals surface area contributed by atoms with E-state index in [1.165, 1.54) is 0 Å². The van der Waals surface area contributed by atoms with E-state index in [1.54, 1.807) is 12.1 Å². The lowest BCUT2D eigenvalue weighted by molar-refractivity contribution is 0.0479. The predicted molar refractivity (Wildman–Crippen MR) is 73.7 cm³/mol. The van der Waals surface area contributed by atoms with Crippen LogP contribution in [-0.2, 0) is 5.92 Å². The standard InChI is InChI=1S/C17H16F2/c1-10(2)12-5-7-15-14(9-12)13-6-4-11(3)8-16(13)17(15,18)19/h4-10H,1-3H3. The molecule has 0 aromatic heterocycles. The monoisotopic (exact) mass is 258 g/mol. The van der Waals surface area contributed by atoms with E-state index in [1.807, 2.05) is 31.2 Å². The molecule has 0 amide bonds. The Bertz CT molecular complexity index is 654. The van der Waals surface area contributed by atoms with Crippen LogP contribution in [0.1, 0.15) is 42.0 Å². The number of hydrogen-bond donors (Lipinski definition) is 0. The molecule has 2 aromatic carbocycles. The molecule has 0 unspecified atom stereocenters. The smallest absolute Gasteiger partial charge is 0.196 e. The lowest BCUT2D eigenvalue weighted by Gasteiger charge is -2.13. The lowest BCUT2D eigenvalue weighted by Crippen LogP contribution is -2.11. The Hall–Kier alpha value is -1.70. The van der Waals surface area contributed by atoms with Crippen molar-refractivity contribution in [3.8, 4) is 11.1 Å². The topological polar surface area (TPSA) is 0 Å². The van der Waals surface area contributed by atoms with Crippen molar-refractivity contribution in [3.63, 3.8) is 0 Å². The van der Waals surface area contributed by atoms with Crippen molar-refractivity contribution in [1.82, 2.24) is 0 Å². The van der Waals surface area contributed by atoms with Gasteiger partial charge in [0, 0.05) is 11.1 Å². The summed E-state index contributed by atoms with van der Waals surface area (Å²) in [5.74, 6) is -2.53. The second-order valence-electron chi connectivity index (χ2n) is 5.58. The van der Waals surface area contributed by atoms with Crippen LogP contribution in [0.4, 0.5) is 8.78 Å². The van der Waals surface area contributed by atoms with Crippen LogP contribution < -0.4 is 0 Å². The third kappa shape index (κ3) is 1.70. The number of rotatable bonds is 1. The van der Waals surface area contributed by atoms with Crippen molar-refractivity contribution in [2.24, 2.45) is 0 Å². The van der Waals surface area contributed by atoms with Crippen LogP contribution in [0, 0.1) is 6.92 Å². The van der Waals surface area contributed by atoms with Crippen LogP contribution in [0.3, 0.4) is 0 Å². The quantitative estimate of drug-likeness (QED) is 0.656. The van der Waals surface area contributed by atoms with Crippen molar-refractivity contribution in [1.29, 1.82) is 0 Å². The van der Waals surface area contributed by atoms with Crippen molar-refractivity contribution in [2.45, 2.75) is 32.6 Å². The Morgan fingerprint density at radius 2 is 1.63 bits per heavy atom. The highest BCUT2D eigenvalue weighted by atomic mass is 19.3. The first kappa shape index (κ1) is 12.3. The van der Waals surface area contributed by atoms with Crippen LogP contribution in [0.5, 0.6) is 0 Å². The van der Waals surface area contributed by atoms with Gasteiger partial charge in [0.15, 0.2) is 0 Å². The van der Waals surface area contributed by atoms with E-state index < -0.39 is 5.92 Å². The Kier molecular flexibility index (Phi) is 2.53. The molecule has 0 fully saturated rings. The summed E-state index contributed by atoms with van der Waals surface area (Å²) in [7, 11) is 0. The summed E-state index contributed by atoms with van der Waals surface area (Å²) < 4.78 is 28.9. The fraction of sp³-hybridized carbons (Fsp3) is 0.294. The molecule has 2 aromatic rings. The van der Waals surface area contributed by atoms with Gasteiger partial charge in [-0.1, -0.05) is 49.7 Å². The van der Waals surface area contributed by atoms with E-state index in [-0.39, 0.29) is 11.1 Å². The van der Waals surface area contributed by atoms with E-state index in [0.29, 0.717) is 17.0 Å². The van der Waals surface area contributed by atoms with Crippen LogP contribution >= 0.6 is 0 Å². The van der Waals surface area contributed by atoms with Gasteiger partial charge in [0.25, 0.3) is 5.92 Å². The Labute approximate surface area is 112 Å². The molecule has 19 heavy (non-hydrogen) atoms. The van der Waals surface area contributed by atoms with Gasteiger partial charge in [-0.05, 0) is 35.6 Å². The molecule has 0 aliphatic heterocycles. The van der Waals surface area contributed by atoms with Crippen LogP contribution in [0.15, 0.2) is 36.4 Å². The van der Waals surface area contributed by atoms with E-state index in [0.717, 1.165) is 11.1 Å². The van der Waals surface area contributed by atoms with Crippen molar-refractivity contribution in [3.05, 3.63) is 58.7 Å². The van der Waals surface area contributed by atoms with Crippen LogP contribution in [0.25, 0.3) is 11.1 Å². The maximum atomic E-state index is 14.4. The third-order valence-corrected chi connectivity index (χ3v) is 3.85. The normalized spacial score (nSPS) is 15.5. The fourth-order valence-electron chi connectivity index (χ4n) is 2.72. The maximum Gasteiger partial charge on any atom is 0.299 e. The Morgan fingerprint density at radius 1 is 0.895 bits per heavy atom. The summed E-state index contributed by atoms with van der Waals surface area (Å²) in [4.78, 5) is 0. The summed E-state index contributed by atoms with van der Waals surface area (Å²) in [6.07, 6.45) is 0. The van der Waals surface area contributed by atoms with Gasteiger partial charge in [-0.15, -0.1) is 0 Å². The number of halogens is 2. The maximum absolute atomic E-state index is 14.4. The molecule has 1 aliphatic rings. The van der Waals surface area contributed by atoms with Gasteiger partial charge < -0.3 is 0 Å². The highest BCUT2D eigenvalue weighted by Crippen LogP contribution is 2.51. The first-order valence-corrected chi connectivity index (χ1v) is 6.55. The highest BCUT2D eigenvalue weighted by molar-refractivity contribution is 5.80. The summed E-state index contributed by atoms with van der Waals surface area (Å²) in [6.45, 7) is 5.99. The first-order valence-electron chi connectivity index (χ1n) is 6.55. The molecule has 0 radical (unpaired) electrons. The number of fused-ring (bicyclic) bond motifs is 3. The molecule has 3 rings (SSSR count). The molecule has 0 heterocycles. The summed E-state index contributed by atoms with van der Waals surface area (Å²) in [6, 6.07) is 10.6. The van der Waals surface area contributed by atoms with Crippen LogP contribution in [0.2, 0.25) is 0 Å². The molecule has 0 nitrogen and oxygen atoms in total. The second-order valence-corrected chi connectivity index (χ2v) is 5.58. The minimum atomic E-state index is -2.87. The zero-order valence-electron chi connectivity index (χ0n) is 11.3. The van der Waals surface area contributed by atoms with Crippen molar-refractivity contribution in [2.75, 3.05) is 0 Å².